The third-order valence-electron chi connectivity index (χ3n) is 3.97. The number of ether oxygens (including phenoxy) is 1. The lowest BCUT2D eigenvalue weighted by atomic mass is 10.1. The largest absolute Gasteiger partial charge is 0.394 e. The van der Waals surface area contributed by atoms with Gasteiger partial charge in [0.1, 0.15) is 24.6 Å². The third-order valence-corrected chi connectivity index (χ3v) is 4.83. The van der Waals surface area contributed by atoms with Crippen molar-refractivity contribution in [2.75, 3.05) is 12.3 Å². The highest BCUT2D eigenvalue weighted by molar-refractivity contribution is 7.99. The van der Waals surface area contributed by atoms with E-state index in [9.17, 15) is 15.3 Å². The van der Waals surface area contributed by atoms with Crippen LogP contribution in [0.4, 0.5) is 5.82 Å². The Morgan fingerprint density at radius 2 is 1.92 bits per heavy atom. The number of aliphatic hydroxyl groups excluding tert-OH is 3. The summed E-state index contributed by atoms with van der Waals surface area (Å²) in [6.45, 7) is -0.442. The van der Waals surface area contributed by atoms with Gasteiger partial charge in [0.25, 0.3) is 0 Å². The van der Waals surface area contributed by atoms with Crippen molar-refractivity contribution in [1.29, 1.82) is 0 Å². The standard InChI is InChI=1S/C14H15N7O4S/c15-10-7-11(19-5-18-10)21(12-9(24)8(23)6(4-22)25-12)14(20-7)26-13-16-2-1-3-17-13/h1-3,5-6,8-9,12,22-24H,4H2,(H2,15,18,19)/t6-,8-,9-,12-/m1/s1. The van der Waals surface area contributed by atoms with E-state index in [0.717, 1.165) is 11.8 Å². The molecule has 3 aromatic rings. The predicted molar refractivity (Wildman–Crippen MR) is 88.9 cm³/mol. The van der Waals surface area contributed by atoms with E-state index < -0.39 is 31.1 Å². The Bertz CT molecular complexity index is 924. The first-order valence-corrected chi connectivity index (χ1v) is 8.47. The fourth-order valence-corrected chi connectivity index (χ4v) is 3.54. The van der Waals surface area contributed by atoms with E-state index in [4.69, 9.17) is 10.5 Å². The minimum Gasteiger partial charge on any atom is -0.394 e. The lowest BCUT2D eigenvalue weighted by Crippen LogP contribution is -2.33. The van der Waals surface area contributed by atoms with Gasteiger partial charge < -0.3 is 25.8 Å². The molecule has 4 rings (SSSR count). The summed E-state index contributed by atoms with van der Waals surface area (Å²) in [6, 6.07) is 1.68. The van der Waals surface area contributed by atoms with Crippen molar-refractivity contribution in [3.63, 3.8) is 0 Å². The highest BCUT2D eigenvalue weighted by Gasteiger charge is 2.45. The van der Waals surface area contributed by atoms with Crippen LogP contribution in [0.15, 0.2) is 35.1 Å². The number of hydrogen-bond acceptors (Lipinski definition) is 11. The van der Waals surface area contributed by atoms with Crippen molar-refractivity contribution in [2.24, 2.45) is 0 Å². The monoisotopic (exact) mass is 377 g/mol. The molecule has 136 valence electrons. The van der Waals surface area contributed by atoms with Crippen molar-refractivity contribution < 1.29 is 20.1 Å². The Hall–Kier alpha value is -2.38. The molecule has 0 bridgehead atoms. The molecule has 4 heterocycles. The van der Waals surface area contributed by atoms with Crippen LogP contribution in [0.1, 0.15) is 6.23 Å². The molecule has 1 aliphatic heterocycles. The Morgan fingerprint density at radius 3 is 2.62 bits per heavy atom. The maximum Gasteiger partial charge on any atom is 0.195 e. The van der Waals surface area contributed by atoms with Crippen LogP contribution in [0.25, 0.3) is 11.2 Å². The molecule has 0 amide bonds. The van der Waals surface area contributed by atoms with E-state index in [0.29, 0.717) is 21.5 Å². The smallest absolute Gasteiger partial charge is 0.195 e. The Labute approximate surface area is 150 Å². The van der Waals surface area contributed by atoms with Crippen molar-refractivity contribution >= 4 is 28.7 Å². The van der Waals surface area contributed by atoms with Gasteiger partial charge in [0.05, 0.1) is 6.61 Å². The van der Waals surface area contributed by atoms with Crippen LogP contribution in [0.5, 0.6) is 0 Å². The molecule has 0 aromatic carbocycles. The highest BCUT2D eigenvalue weighted by Crippen LogP contribution is 2.37. The quantitative estimate of drug-likeness (QED) is 0.410. The normalized spacial score (nSPS) is 25.8. The summed E-state index contributed by atoms with van der Waals surface area (Å²) in [5.41, 5.74) is 6.53. The lowest BCUT2D eigenvalue weighted by Gasteiger charge is -2.18. The number of rotatable bonds is 4. The van der Waals surface area contributed by atoms with E-state index >= 15 is 0 Å². The van der Waals surface area contributed by atoms with Crippen LogP contribution in [-0.4, -0.2) is 69.7 Å². The maximum atomic E-state index is 10.4. The van der Waals surface area contributed by atoms with Crippen LogP contribution in [-0.2, 0) is 4.74 Å². The highest BCUT2D eigenvalue weighted by atomic mass is 32.2. The number of imidazole rings is 1. The number of aliphatic hydroxyl groups is 3. The maximum absolute atomic E-state index is 10.4. The molecule has 4 atom stereocenters. The van der Waals surface area contributed by atoms with Gasteiger partial charge in [-0.05, 0) is 17.8 Å². The molecule has 5 N–H and O–H groups in total. The van der Waals surface area contributed by atoms with Gasteiger partial charge in [0.15, 0.2) is 33.5 Å². The third kappa shape index (κ3) is 2.77. The number of anilines is 1. The molecule has 0 aliphatic carbocycles. The lowest BCUT2D eigenvalue weighted by molar-refractivity contribution is -0.0548. The molecule has 0 saturated carbocycles. The van der Waals surface area contributed by atoms with Gasteiger partial charge in [-0.1, -0.05) is 0 Å². The van der Waals surface area contributed by atoms with Gasteiger partial charge in [0.2, 0.25) is 0 Å². The van der Waals surface area contributed by atoms with Crippen LogP contribution >= 0.6 is 11.8 Å². The fourth-order valence-electron chi connectivity index (χ4n) is 2.72. The fraction of sp³-hybridized carbons (Fsp3) is 0.357. The SMILES string of the molecule is Nc1ncnc2c1nc(Sc1ncccn1)n2[C@@H]1O[C@H](CO)[C@@H](O)[C@H]1O. The first kappa shape index (κ1) is 17.1. The van der Waals surface area contributed by atoms with Gasteiger partial charge in [0, 0.05) is 12.4 Å². The molecule has 1 saturated heterocycles. The summed E-state index contributed by atoms with van der Waals surface area (Å²) in [7, 11) is 0. The molecule has 12 heteroatoms. The predicted octanol–water partition coefficient (Wildman–Crippen LogP) is -1.04. The second-order valence-electron chi connectivity index (χ2n) is 5.56. The molecule has 1 fully saturated rings. The minimum absolute atomic E-state index is 0.163. The topological polar surface area (TPSA) is 165 Å². The van der Waals surface area contributed by atoms with Gasteiger partial charge >= 0.3 is 0 Å². The second kappa shape index (κ2) is 6.74. The van der Waals surface area contributed by atoms with E-state index in [1.807, 2.05) is 0 Å². The molecule has 1 aliphatic rings. The summed E-state index contributed by atoms with van der Waals surface area (Å²) in [5, 5.41) is 30.6. The number of fused-ring (bicyclic) bond motifs is 1. The zero-order chi connectivity index (χ0) is 18.3. The zero-order valence-electron chi connectivity index (χ0n) is 13.2. The van der Waals surface area contributed by atoms with Crippen LogP contribution in [0.2, 0.25) is 0 Å². The Balaban J connectivity index is 1.84. The summed E-state index contributed by atoms with van der Waals surface area (Å²) in [4.78, 5) is 20.8. The molecule has 11 nitrogen and oxygen atoms in total. The van der Waals surface area contributed by atoms with E-state index in [-0.39, 0.29) is 5.82 Å². The summed E-state index contributed by atoms with van der Waals surface area (Å²) in [6.07, 6.45) is -0.0642. The average Bonchev–Trinajstić information content (AvgIpc) is 3.15. The Morgan fingerprint density at radius 1 is 1.15 bits per heavy atom. The van der Waals surface area contributed by atoms with Crippen LogP contribution in [0, 0.1) is 0 Å². The zero-order valence-corrected chi connectivity index (χ0v) is 14.1. The van der Waals surface area contributed by atoms with Crippen molar-refractivity contribution in [3.8, 4) is 0 Å². The van der Waals surface area contributed by atoms with Gasteiger partial charge in [-0.15, -0.1) is 0 Å². The van der Waals surface area contributed by atoms with Crippen molar-refractivity contribution in [1.82, 2.24) is 29.5 Å². The van der Waals surface area contributed by atoms with Crippen LogP contribution in [0.3, 0.4) is 0 Å². The van der Waals surface area contributed by atoms with E-state index in [1.54, 1.807) is 18.5 Å². The number of hydrogen-bond donors (Lipinski definition) is 4. The first-order chi connectivity index (χ1) is 12.6. The minimum atomic E-state index is -1.29. The second-order valence-corrected chi connectivity index (χ2v) is 6.49. The number of nitrogens with zero attached hydrogens (tertiary/aromatic N) is 6. The number of aromatic nitrogens is 6. The number of nitrogens with two attached hydrogens (primary N) is 1. The average molecular weight is 377 g/mol. The summed E-state index contributed by atoms with van der Waals surface area (Å²) < 4.78 is 7.12. The molecular formula is C14H15N7O4S. The van der Waals surface area contributed by atoms with Crippen LogP contribution < -0.4 is 5.73 Å². The molecule has 0 radical (unpaired) electrons. The van der Waals surface area contributed by atoms with Crippen molar-refractivity contribution in [2.45, 2.75) is 34.9 Å². The molecule has 3 aromatic heterocycles. The summed E-state index contributed by atoms with van der Waals surface area (Å²) in [5.74, 6) is 0.163. The summed E-state index contributed by atoms with van der Waals surface area (Å²) >= 11 is 1.12. The molecular weight excluding hydrogens is 362 g/mol. The molecule has 0 spiro atoms. The van der Waals surface area contributed by atoms with E-state index in [2.05, 4.69) is 24.9 Å². The Kier molecular flexibility index (Phi) is 4.42. The number of nitrogen functional groups attached to an aromatic ring is 1. The molecule has 26 heavy (non-hydrogen) atoms. The van der Waals surface area contributed by atoms with Gasteiger partial charge in [-0.25, -0.2) is 24.9 Å². The van der Waals surface area contributed by atoms with Crippen molar-refractivity contribution in [3.05, 3.63) is 24.8 Å². The van der Waals surface area contributed by atoms with Gasteiger partial charge in [-0.2, -0.15) is 0 Å². The molecule has 0 unspecified atom stereocenters. The van der Waals surface area contributed by atoms with E-state index in [1.165, 1.54) is 10.9 Å². The first-order valence-electron chi connectivity index (χ1n) is 7.66. The van der Waals surface area contributed by atoms with Gasteiger partial charge in [-0.3, -0.25) is 4.57 Å².